The zero-order valence-corrected chi connectivity index (χ0v) is 20.3. The number of esters is 1. The molecule has 0 fully saturated rings. The van der Waals surface area contributed by atoms with Gasteiger partial charge >= 0.3 is 11.7 Å². The van der Waals surface area contributed by atoms with Gasteiger partial charge in [-0.15, -0.1) is 0 Å². The minimum absolute atomic E-state index is 0.284. The van der Waals surface area contributed by atoms with Gasteiger partial charge in [0.2, 0.25) is 0 Å². The number of carbonyl (C=O) groups excluding carboxylic acids is 1. The second-order valence-corrected chi connectivity index (χ2v) is 8.87. The first-order chi connectivity index (χ1) is 14.9. The molecule has 0 aliphatic carbocycles. The lowest BCUT2D eigenvalue weighted by Crippen LogP contribution is -2.39. The van der Waals surface area contributed by atoms with Crippen LogP contribution in [0.1, 0.15) is 72.6 Å². The number of carbonyl (C=O) groups is 1. The largest absolute Gasteiger partial charge is 0.465 e. The molecular weight excluding hydrogens is 416 g/mol. The normalized spacial score (nSPS) is 12.4. The van der Waals surface area contributed by atoms with Crippen molar-refractivity contribution in [1.29, 1.82) is 0 Å². The number of imidazole rings is 1. The molecule has 2 aromatic rings. The molecule has 31 heavy (non-hydrogen) atoms. The molecular formula is C22H36N4O4S. The van der Waals surface area contributed by atoms with Crippen molar-refractivity contribution < 1.29 is 9.53 Å². The molecule has 8 nitrogen and oxygen atoms in total. The van der Waals surface area contributed by atoms with E-state index in [9.17, 15) is 14.4 Å². The Labute approximate surface area is 188 Å². The Hall–Kier alpha value is -2.03. The summed E-state index contributed by atoms with van der Waals surface area (Å²) in [7, 11) is 1.65. The average Bonchev–Trinajstić information content (AvgIpc) is 3.11. The molecule has 0 amide bonds. The molecule has 2 aromatic heterocycles. The van der Waals surface area contributed by atoms with Crippen molar-refractivity contribution in [3.05, 3.63) is 20.8 Å². The summed E-state index contributed by atoms with van der Waals surface area (Å²) in [6.07, 6.45) is 6.31. The van der Waals surface area contributed by atoms with E-state index in [1.54, 1.807) is 14.0 Å². The highest BCUT2D eigenvalue weighted by atomic mass is 32.2. The molecule has 174 valence electrons. The van der Waals surface area contributed by atoms with Gasteiger partial charge in [-0.05, 0) is 26.2 Å². The summed E-state index contributed by atoms with van der Waals surface area (Å²) >= 11 is 1.31. The summed E-state index contributed by atoms with van der Waals surface area (Å²) in [5.74, 6) is -0.284. The summed E-state index contributed by atoms with van der Waals surface area (Å²) in [6, 6.07) is 0. The summed E-state index contributed by atoms with van der Waals surface area (Å²) < 4.78 is 9.88. The molecule has 0 aliphatic rings. The molecule has 1 atom stereocenters. The fourth-order valence-electron chi connectivity index (χ4n) is 3.55. The molecule has 9 heteroatoms. The van der Waals surface area contributed by atoms with Crippen LogP contribution in [0, 0.1) is 0 Å². The van der Waals surface area contributed by atoms with Crippen molar-refractivity contribution in [3.8, 4) is 0 Å². The van der Waals surface area contributed by atoms with Crippen molar-refractivity contribution in [2.75, 3.05) is 6.61 Å². The van der Waals surface area contributed by atoms with Gasteiger partial charge in [-0.3, -0.25) is 18.7 Å². The Morgan fingerprint density at radius 3 is 2.16 bits per heavy atom. The number of hydrogen-bond acceptors (Lipinski definition) is 6. The number of nitrogens with zero attached hydrogens (tertiary/aromatic N) is 4. The Balaban J connectivity index is 2.60. The Morgan fingerprint density at radius 2 is 1.61 bits per heavy atom. The van der Waals surface area contributed by atoms with Crippen LogP contribution in [0.4, 0.5) is 0 Å². The van der Waals surface area contributed by atoms with Crippen molar-refractivity contribution in [2.45, 2.75) is 96.1 Å². The van der Waals surface area contributed by atoms with Crippen LogP contribution in [0.3, 0.4) is 0 Å². The van der Waals surface area contributed by atoms with E-state index >= 15 is 0 Å². The second-order valence-electron chi connectivity index (χ2n) is 7.70. The van der Waals surface area contributed by atoms with Crippen LogP contribution in [0.2, 0.25) is 0 Å². The van der Waals surface area contributed by atoms with Crippen molar-refractivity contribution in [1.82, 2.24) is 18.7 Å². The van der Waals surface area contributed by atoms with E-state index < -0.39 is 5.25 Å². The predicted molar refractivity (Wildman–Crippen MR) is 125 cm³/mol. The molecule has 0 radical (unpaired) electrons. The quantitative estimate of drug-likeness (QED) is 0.261. The van der Waals surface area contributed by atoms with Crippen molar-refractivity contribution in [3.63, 3.8) is 0 Å². The van der Waals surface area contributed by atoms with E-state index in [1.807, 2.05) is 11.5 Å². The van der Waals surface area contributed by atoms with Gasteiger partial charge in [0.15, 0.2) is 16.3 Å². The van der Waals surface area contributed by atoms with E-state index in [0.29, 0.717) is 42.4 Å². The highest BCUT2D eigenvalue weighted by Gasteiger charge is 2.25. The number of unbranched alkanes of at least 4 members (excludes halogenated alkanes) is 4. The molecule has 0 saturated heterocycles. The van der Waals surface area contributed by atoms with Gasteiger partial charge in [0.05, 0.1) is 6.61 Å². The van der Waals surface area contributed by atoms with Gasteiger partial charge in [-0.1, -0.05) is 58.2 Å². The topological polar surface area (TPSA) is 88.1 Å². The number of aromatic nitrogens is 4. The molecule has 0 saturated carbocycles. The first-order valence-electron chi connectivity index (χ1n) is 11.4. The van der Waals surface area contributed by atoms with Crippen LogP contribution in [-0.4, -0.2) is 36.5 Å². The molecule has 1 unspecified atom stereocenters. The smallest absolute Gasteiger partial charge is 0.332 e. The minimum atomic E-state index is -0.412. The zero-order chi connectivity index (χ0) is 23.0. The molecule has 0 aromatic carbocycles. The summed E-state index contributed by atoms with van der Waals surface area (Å²) in [4.78, 5) is 43.2. The van der Waals surface area contributed by atoms with Crippen LogP contribution in [0.15, 0.2) is 14.7 Å². The number of hydrogen-bond donors (Lipinski definition) is 0. The van der Waals surface area contributed by atoms with Crippen LogP contribution >= 0.6 is 11.8 Å². The van der Waals surface area contributed by atoms with Crippen LogP contribution < -0.4 is 11.2 Å². The summed E-state index contributed by atoms with van der Waals surface area (Å²) in [6.45, 7) is 9.26. The van der Waals surface area contributed by atoms with Gasteiger partial charge < -0.3 is 9.30 Å². The third-order valence-electron chi connectivity index (χ3n) is 5.34. The minimum Gasteiger partial charge on any atom is -0.465 e. The van der Waals surface area contributed by atoms with Gasteiger partial charge in [0.1, 0.15) is 5.25 Å². The third kappa shape index (κ3) is 5.81. The van der Waals surface area contributed by atoms with Crippen LogP contribution in [0.25, 0.3) is 11.2 Å². The van der Waals surface area contributed by atoms with E-state index in [4.69, 9.17) is 4.74 Å². The van der Waals surface area contributed by atoms with Crippen LogP contribution in [0.5, 0.6) is 0 Å². The van der Waals surface area contributed by atoms with E-state index in [1.165, 1.54) is 20.9 Å². The molecule has 2 rings (SSSR count). The monoisotopic (exact) mass is 452 g/mol. The van der Waals surface area contributed by atoms with Crippen molar-refractivity contribution >= 4 is 28.9 Å². The van der Waals surface area contributed by atoms with Gasteiger partial charge in [-0.25, -0.2) is 9.78 Å². The third-order valence-corrected chi connectivity index (χ3v) is 6.67. The number of aryl methyl sites for hydroxylation is 2. The highest BCUT2D eigenvalue weighted by Crippen LogP contribution is 2.28. The maximum Gasteiger partial charge on any atom is 0.332 e. The standard InChI is InChI=1S/C22H36N4O4S/c1-6-10-12-14-25-17-18(23-21(25)31-16(8-3)20(28)30-9-4)24(5)22(29)26(19(17)27)15-13-11-7-2/h16H,6-15H2,1-5H3. The Morgan fingerprint density at radius 1 is 1.00 bits per heavy atom. The summed E-state index contributed by atoms with van der Waals surface area (Å²) in [5.41, 5.74) is 0.172. The molecule has 0 aliphatic heterocycles. The number of rotatable bonds is 13. The molecule has 0 bridgehead atoms. The maximum absolute atomic E-state index is 13.3. The lowest BCUT2D eigenvalue weighted by molar-refractivity contribution is -0.142. The van der Waals surface area contributed by atoms with E-state index in [0.717, 1.165) is 38.5 Å². The molecule has 2 heterocycles. The predicted octanol–water partition coefficient (Wildman–Crippen LogP) is 3.71. The Kier molecular flexibility index (Phi) is 9.87. The van der Waals surface area contributed by atoms with Gasteiger partial charge in [-0.2, -0.15) is 0 Å². The van der Waals surface area contributed by atoms with Gasteiger partial charge in [0.25, 0.3) is 5.56 Å². The first-order valence-corrected chi connectivity index (χ1v) is 12.3. The van der Waals surface area contributed by atoms with E-state index in [2.05, 4.69) is 18.8 Å². The maximum atomic E-state index is 13.3. The van der Waals surface area contributed by atoms with E-state index in [-0.39, 0.29) is 17.2 Å². The fraction of sp³-hybridized carbons (Fsp3) is 0.727. The first kappa shape index (κ1) is 25.2. The lowest BCUT2D eigenvalue weighted by atomic mass is 10.2. The highest BCUT2D eigenvalue weighted by molar-refractivity contribution is 8.00. The van der Waals surface area contributed by atoms with Crippen LogP contribution in [-0.2, 0) is 29.7 Å². The average molecular weight is 453 g/mol. The number of thioether (sulfide) groups is 1. The number of ether oxygens (including phenoxy) is 1. The second kappa shape index (κ2) is 12.1. The Bertz CT molecular complexity index is 992. The lowest BCUT2D eigenvalue weighted by Gasteiger charge is -2.14. The zero-order valence-electron chi connectivity index (χ0n) is 19.5. The molecule has 0 N–H and O–H groups in total. The SMILES string of the molecule is CCCCCn1c(=O)c2c(nc(SC(CC)C(=O)OCC)n2CCCCC)n(C)c1=O. The summed E-state index contributed by atoms with van der Waals surface area (Å²) in [5, 5.41) is 0.176. The number of fused-ring (bicyclic) bond motifs is 1. The molecule has 0 spiro atoms. The van der Waals surface area contributed by atoms with Gasteiger partial charge in [0, 0.05) is 20.1 Å². The fourth-order valence-corrected chi connectivity index (χ4v) is 4.58. The van der Waals surface area contributed by atoms with Crippen molar-refractivity contribution in [2.24, 2.45) is 7.05 Å².